The van der Waals surface area contributed by atoms with E-state index >= 15 is 0 Å². The Morgan fingerprint density at radius 2 is 2.00 bits per heavy atom. The smallest absolute Gasteiger partial charge is 0.124 e. The van der Waals surface area contributed by atoms with Crippen LogP contribution in [0, 0.1) is 11.8 Å². The van der Waals surface area contributed by atoms with E-state index in [4.69, 9.17) is 4.74 Å². The minimum Gasteiger partial charge on any atom is -0.493 e. The summed E-state index contributed by atoms with van der Waals surface area (Å²) in [5.41, 5.74) is 1.34. The van der Waals surface area contributed by atoms with Gasteiger partial charge < -0.3 is 10.1 Å². The van der Waals surface area contributed by atoms with Gasteiger partial charge in [-0.2, -0.15) is 0 Å². The molecule has 1 heterocycles. The van der Waals surface area contributed by atoms with E-state index in [1.54, 1.807) is 0 Å². The zero-order valence-electron chi connectivity index (χ0n) is 11.9. The van der Waals surface area contributed by atoms with Gasteiger partial charge in [-0.25, -0.2) is 0 Å². The Balaban J connectivity index is 1.59. The van der Waals surface area contributed by atoms with Crippen LogP contribution in [0.25, 0.3) is 0 Å². The van der Waals surface area contributed by atoms with Gasteiger partial charge in [0.15, 0.2) is 0 Å². The normalized spacial score (nSPS) is 27.0. The van der Waals surface area contributed by atoms with Gasteiger partial charge in [0.05, 0.1) is 6.61 Å². The van der Waals surface area contributed by atoms with Gasteiger partial charge in [-0.1, -0.05) is 50.8 Å². The molecule has 0 radical (unpaired) electrons. The number of rotatable bonds is 4. The largest absolute Gasteiger partial charge is 0.493 e. The van der Waals surface area contributed by atoms with Crippen molar-refractivity contribution in [2.45, 2.75) is 45.1 Å². The lowest BCUT2D eigenvalue weighted by Crippen LogP contribution is -2.34. The Morgan fingerprint density at radius 3 is 2.84 bits per heavy atom. The Kier molecular flexibility index (Phi) is 4.07. The Labute approximate surface area is 116 Å². The van der Waals surface area contributed by atoms with Crippen molar-refractivity contribution in [3.05, 3.63) is 29.8 Å². The van der Waals surface area contributed by atoms with E-state index in [0.29, 0.717) is 12.0 Å². The van der Waals surface area contributed by atoms with Crippen LogP contribution in [0.5, 0.6) is 5.75 Å². The molecule has 2 heteroatoms. The highest BCUT2D eigenvalue weighted by molar-refractivity contribution is 5.37. The maximum absolute atomic E-state index is 5.81. The molecule has 1 aliphatic heterocycles. The third-order valence-electron chi connectivity index (χ3n) is 4.72. The van der Waals surface area contributed by atoms with Crippen LogP contribution in [0.1, 0.15) is 50.6 Å². The molecule has 2 atom stereocenters. The molecule has 19 heavy (non-hydrogen) atoms. The van der Waals surface area contributed by atoms with Crippen molar-refractivity contribution in [3.8, 4) is 5.75 Å². The first-order valence-electron chi connectivity index (χ1n) is 7.79. The number of nitrogens with one attached hydrogen (secondary N) is 1. The average molecular weight is 259 g/mol. The molecule has 1 aromatic carbocycles. The minimum atomic E-state index is 0.464. The van der Waals surface area contributed by atoms with Gasteiger partial charge in [0, 0.05) is 17.5 Å². The summed E-state index contributed by atoms with van der Waals surface area (Å²) < 4.78 is 5.81. The molecule has 1 N–H and O–H groups in total. The molecular formula is C17H25NO. The first kappa shape index (κ1) is 13.0. The molecule has 0 saturated heterocycles. The number of hydrogen-bond donors (Lipinski definition) is 1. The quantitative estimate of drug-likeness (QED) is 0.884. The van der Waals surface area contributed by atoms with Gasteiger partial charge in [0.25, 0.3) is 0 Å². The van der Waals surface area contributed by atoms with Crippen molar-refractivity contribution in [3.63, 3.8) is 0 Å². The maximum Gasteiger partial charge on any atom is 0.124 e. The van der Waals surface area contributed by atoms with Crippen LogP contribution in [-0.2, 0) is 0 Å². The topological polar surface area (TPSA) is 21.3 Å². The van der Waals surface area contributed by atoms with Crippen LogP contribution < -0.4 is 10.1 Å². The van der Waals surface area contributed by atoms with E-state index in [0.717, 1.165) is 24.8 Å². The van der Waals surface area contributed by atoms with Crippen LogP contribution >= 0.6 is 0 Å². The summed E-state index contributed by atoms with van der Waals surface area (Å²) in [7, 11) is 0. The highest BCUT2D eigenvalue weighted by Gasteiger charge is 2.27. The van der Waals surface area contributed by atoms with Gasteiger partial charge in [-0.3, -0.25) is 0 Å². The van der Waals surface area contributed by atoms with Gasteiger partial charge in [-0.15, -0.1) is 0 Å². The van der Waals surface area contributed by atoms with Crippen LogP contribution in [0.3, 0.4) is 0 Å². The summed E-state index contributed by atoms with van der Waals surface area (Å²) in [6, 6.07) is 8.94. The number of para-hydroxylation sites is 1. The zero-order valence-corrected chi connectivity index (χ0v) is 11.9. The lowest BCUT2D eigenvalue weighted by atomic mass is 9.91. The zero-order chi connectivity index (χ0) is 13.1. The molecule has 1 aromatic rings. The van der Waals surface area contributed by atoms with Crippen molar-refractivity contribution >= 4 is 0 Å². The molecule has 1 saturated carbocycles. The Hall–Kier alpha value is -1.02. The fraction of sp³-hybridized carbons (Fsp3) is 0.647. The molecule has 3 rings (SSSR count). The molecule has 104 valence electrons. The Morgan fingerprint density at radius 1 is 1.21 bits per heavy atom. The SMILES string of the molecule is CC1COc2ccccc2C1NCCC1CCCC1. The summed E-state index contributed by atoms with van der Waals surface area (Å²) in [4.78, 5) is 0. The molecular weight excluding hydrogens is 234 g/mol. The van der Waals surface area contributed by atoms with Crippen molar-refractivity contribution in [2.75, 3.05) is 13.2 Å². The van der Waals surface area contributed by atoms with E-state index < -0.39 is 0 Å². The maximum atomic E-state index is 5.81. The van der Waals surface area contributed by atoms with Crippen molar-refractivity contribution in [1.29, 1.82) is 0 Å². The predicted octanol–water partition coefficient (Wildman–Crippen LogP) is 3.93. The lowest BCUT2D eigenvalue weighted by molar-refractivity contribution is 0.187. The average Bonchev–Trinajstić information content (AvgIpc) is 2.94. The number of benzene rings is 1. The summed E-state index contributed by atoms with van der Waals surface area (Å²) >= 11 is 0. The summed E-state index contributed by atoms with van der Waals surface area (Å²) in [6.07, 6.45) is 7.12. The van der Waals surface area contributed by atoms with Crippen molar-refractivity contribution in [1.82, 2.24) is 5.32 Å². The first-order valence-corrected chi connectivity index (χ1v) is 7.79. The second-order valence-electron chi connectivity index (χ2n) is 6.20. The van der Waals surface area contributed by atoms with E-state index in [-0.39, 0.29) is 0 Å². The van der Waals surface area contributed by atoms with Crippen molar-refractivity contribution < 1.29 is 4.74 Å². The monoisotopic (exact) mass is 259 g/mol. The standard InChI is InChI=1S/C17H25NO/c1-13-12-19-16-9-5-4-8-15(16)17(13)18-11-10-14-6-2-3-7-14/h4-5,8-9,13-14,17-18H,2-3,6-7,10-12H2,1H3. The Bertz CT molecular complexity index is 411. The van der Waals surface area contributed by atoms with Gasteiger partial charge in [-0.05, 0) is 24.9 Å². The number of ether oxygens (including phenoxy) is 1. The third kappa shape index (κ3) is 2.94. The number of hydrogen-bond acceptors (Lipinski definition) is 2. The molecule has 1 aliphatic carbocycles. The molecule has 2 nitrogen and oxygen atoms in total. The van der Waals surface area contributed by atoms with Crippen LogP contribution in [-0.4, -0.2) is 13.2 Å². The van der Waals surface area contributed by atoms with Gasteiger partial charge >= 0.3 is 0 Å². The summed E-state index contributed by atoms with van der Waals surface area (Å²) in [6.45, 7) is 4.26. The van der Waals surface area contributed by atoms with Crippen LogP contribution in [0.15, 0.2) is 24.3 Å². The number of fused-ring (bicyclic) bond motifs is 1. The molecule has 0 bridgehead atoms. The summed E-state index contributed by atoms with van der Waals surface area (Å²) in [5.74, 6) is 2.59. The highest BCUT2D eigenvalue weighted by Crippen LogP contribution is 2.35. The van der Waals surface area contributed by atoms with E-state index in [1.807, 2.05) is 0 Å². The second kappa shape index (κ2) is 5.96. The summed E-state index contributed by atoms with van der Waals surface area (Å²) in [5, 5.41) is 3.77. The third-order valence-corrected chi connectivity index (χ3v) is 4.72. The molecule has 2 aliphatic rings. The van der Waals surface area contributed by atoms with Crippen LogP contribution in [0.4, 0.5) is 0 Å². The highest BCUT2D eigenvalue weighted by atomic mass is 16.5. The molecule has 0 spiro atoms. The van der Waals surface area contributed by atoms with E-state index in [2.05, 4.69) is 36.5 Å². The molecule has 0 amide bonds. The van der Waals surface area contributed by atoms with Crippen LogP contribution in [0.2, 0.25) is 0 Å². The predicted molar refractivity (Wildman–Crippen MR) is 78.4 cm³/mol. The van der Waals surface area contributed by atoms with Gasteiger partial charge in [0.1, 0.15) is 5.75 Å². The fourth-order valence-corrected chi connectivity index (χ4v) is 3.55. The van der Waals surface area contributed by atoms with E-state index in [1.165, 1.54) is 37.7 Å². The molecule has 1 fully saturated rings. The molecule has 2 unspecified atom stereocenters. The minimum absolute atomic E-state index is 0.464. The van der Waals surface area contributed by atoms with Crippen molar-refractivity contribution in [2.24, 2.45) is 11.8 Å². The molecule has 0 aromatic heterocycles. The van der Waals surface area contributed by atoms with Gasteiger partial charge in [0.2, 0.25) is 0 Å². The fourth-order valence-electron chi connectivity index (χ4n) is 3.55. The van der Waals surface area contributed by atoms with E-state index in [9.17, 15) is 0 Å². The first-order chi connectivity index (χ1) is 9.34. The lowest BCUT2D eigenvalue weighted by Gasteiger charge is -2.32. The second-order valence-corrected chi connectivity index (χ2v) is 6.20.